The van der Waals surface area contributed by atoms with Gasteiger partial charge in [-0.2, -0.15) is 0 Å². The van der Waals surface area contributed by atoms with Crippen LogP contribution in [0, 0.1) is 0 Å². The molecule has 1 heterocycles. The minimum atomic E-state index is 0.632. The summed E-state index contributed by atoms with van der Waals surface area (Å²) in [5, 5.41) is 0. The minimum Gasteiger partial charge on any atom is -0.466 e. The van der Waals surface area contributed by atoms with E-state index < -0.39 is 0 Å². The van der Waals surface area contributed by atoms with Crippen molar-refractivity contribution in [3.8, 4) is 0 Å². The second-order valence-corrected chi connectivity index (χ2v) is 1.25. The van der Waals surface area contributed by atoms with Gasteiger partial charge in [-0.05, 0) is 6.08 Å². The smallest absolute Gasteiger partial charge is 0.161 e. The summed E-state index contributed by atoms with van der Waals surface area (Å²) in [6, 6.07) is 0. The average Bonchev–Trinajstić information content (AvgIpc) is 1.90. The summed E-state index contributed by atoms with van der Waals surface area (Å²) >= 11 is 0. The van der Waals surface area contributed by atoms with E-state index in [2.05, 4.69) is 6.58 Å². The first-order valence-corrected chi connectivity index (χ1v) is 2.23. The van der Waals surface area contributed by atoms with Crippen LogP contribution in [0.15, 0.2) is 37.2 Å². The van der Waals surface area contributed by atoms with Crippen molar-refractivity contribution in [2.45, 2.75) is 0 Å². The third-order valence-corrected chi connectivity index (χ3v) is 0.724. The Morgan fingerprint density at radius 2 is 2.38 bits per heavy atom. The maximum atomic E-state index is 4.86. The van der Waals surface area contributed by atoms with Crippen LogP contribution in [-0.2, 0) is 9.47 Å². The van der Waals surface area contributed by atoms with Crippen molar-refractivity contribution in [1.82, 2.24) is 0 Å². The van der Waals surface area contributed by atoms with Crippen LogP contribution >= 0.6 is 0 Å². The summed E-state index contributed by atoms with van der Waals surface area (Å²) in [5.74, 6) is 0.632. The molecule has 2 nitrogen and oxygen atoms in total. The fraction of sp³-hybridized carbons (Fsp3) is 0. The van der Waals surface area contributed by atoms with Gasteiger partial charge < -0.3 is 9.47 Å². The van der Waals surface area contributed by atoms with E-state index in [4.69, 9.17) is 9.47 Å². The van der Waals surface area contributed by atoms with E-state index in [-0.39, 0.29) is 0 Å². The van der Waals surface area contributed by atoms with E-state index in [0.29, 0.717) is 5.76 Å². The highest BCUT2D eigenvalue weighted by molar-refractivity contribution is 5.08. The minimum absolute atomic E-state index is 0.632. The number of allylic oxidation sites excluding steroid dienone is 1. The predicted octanol–water partition coefficient (Wildman–Crippen LogP) is 1.53. The Hall–Kier alpha value is -1.18. The van der Waals surface area contributed by atoms with Crippen LogP contribution in [0.3, 0.4) is 0 Å². The van der Waals surface area contributed by atoms with Crippen molar-refractivity contribution < 1.29 is 9.47 Å². The van der Waals surface area contributed by atoms with Gasteiger partial charge in [0.1, 0.15) is 18.8 Å². The molecule has 0 saturated heterocycles. The molecule has 0 aromatic rings. The largest absolute Gasteiger partial charge is 0.466 e. The van der Waals surface area contributed by atoms with Crippen molar-refractivity contribution in [2.24, 2.45) is 0 Å². The van der Waals surface area contributed by atoms with E-state index in [1.54, 1.807) is 6.08 Å². The Kier molecular flexibility index (Phi) is 1.37. The van der Waals surface area contributed by atoms with Crippen LogP contribution < -0.4 is 0 Å². The highest BCUT2D eigenvalue weighted by Crippen LogP contribution is 2.04. The molecule has 0 radical (unpaired) electrons. The second-order valence-electron chi connectivity index (χ2n) is 1.25. The highest BCUT2D eigenvalue weighted by atomic mass is 16.5. The third-order valence-electron chi connectivity index (χ3n) is 0.724. The molecule has 0 fully saturated rings. The molecule has 1 aliphatic heterocycles. The molecule has 0 aromatic heterocycles. The molecular weight excluding hydrogens is 104 g/mol. The third kappa shape index (κ3) is 0.904. The maximum Gasteiger partial charge on any atom is 0.161 e. The first kappa shape index (κ1) is 4.97. The molecule has 0 spiro atoms. The standard InChI is InChI=1S/C6H6O2/c1-2-6-5-7-3-4-8-6/h2-5H,1H2. The van der Waals surface area contributed by atoms with Crippen molar-refractivity contribution in [3.05, 3.63) is 37.2 Å². The molecule has 2 heteroatoms. The van der Waals surface area contributed by atoms with Crippen molar-refractivity contribution in [3.63, 3.8) is 0 Å². The van der Waals surface area contributed by atoms with Gasteiger partial charge in [-0.1, -0.05) is 6.58 Å². The SMILES string of the molecule is C=CC1=COC=CO1. The van der Waals surface area contributed by atoms with Gasteiger partial charge in [0, 0.05) is 0 Å². The summed E-state index contributed by atoms with van der Waals surface area (Å²) < 4.78 is 9.60. The molecule has 0 saturated carbocycles. The lowest BCUT2D eigenvalue weighted by Gasteiger charge is -2.03. The average molecular weight is 110 g/mol. The van der Waals surface area contributed by atoms with Gasteiger partial charge in [-0.25, -0.2) is 0 Å². The van der Waals surface area contributed by atoms with E-state index in [1.165, 1.54) is 18.8 Å². The molecule has 0 unspecified atom stereocenters. The number of ether oxygens (including phenoxy) is 2. The first-order valence-electron chi connectivity index (χ1n) is 2.23. The van der Waals surface area contributed by atoms with Gasteiger partial charge in [0.05, 0.1) is 0 Å². The van der Waals surface area contributed by atoms with Crippen molar-refractivity contribution in [1.29, 1.82) is 0 Å². The van der Waals surface area contributed by atoms with E-state index in [0.717, 1.165) is 0 Å². The highest BCUT2D eigenvalue weighted by Gasteiger charge is 1.91. The predicted molar refractivity (Wildman–Crippen MR) is 29.6 cm³/mol. The molecule has 1 aliphatic rings. The van der Waals surface area contributed by atoms with Gasteiger partial charge in [0.15, 0.2) is 5.76 Å². The lowest BCUT2D eigenvalue weighted by Crippen LogP contribution is -1.86. The molecule has 0 bridgehead atoms. The molecule has 8 heavy (non-hydrogen) atoms. The Bertz CT molecular complexity index is 145. The number of hydrogen-bond donors (Lipinski definition) is 0. The zero-order valence-electron chi connectivity index (χ0n) is 4.33. The lowest BCUT2D eigenvalue weighted by molar-refractivity contribution is 0.268. The van der Waals surface area contributed by atoms with Crippen LogP contribution in [0.25, 0.3) is 0 Å². The monoisotopic (exact) mass is 110 g/mol. The Labute approximate surface area is 47.7 Å². The summed E-state index contributed by atoms with van der Waals surface area (Å²) in [7, 11) is 0. The molecule has 0 N–H and O–H groups in total. The molecule has 0 aromatic carbocycles. The van der Waals surface area contributed by atoms with Gasteiger partial charge in [-0.3, -0.25) is 0 Å². The quantitative estimate of drug-likeness (QED) is 0.509. The molecule has 0 atom stereocenters. The lowest BCUT2D eigenvalue weighted by atomic mass is 10.5. The second kappa shape index (κ2) is 2.21. The van der Waals surface area contributed by atoms with Gasteiger partial charge in [-0.15, -0.1) is 0 Å². The molecule has 42 valence electrons. The summed E-state index contributed by atoms with van der Waals surface area (Å²) in [6.45, 7) is 3.48. The summed E-state index contributed by atoms with van der Waals surface area (Å²) in [4.78, 5) is 0. The Morgan fingerprint density at radius 1 is 1.50 bits per heavy atom. The van der Waals surface area contributed by atoms with Gasteiger partial charge in [0.2, 0.25) is 0 Å². The maximum absolute atomic E-state index is 4.86. The molecule has 0 aliphatic carbocycles. The first-order chi connectivity index (χ1) is 3.93. The van der Waals surface area contributed by atoms with Crippen LogP contribution in [0.1, 0.15) is 0 Å². The normalized spacial score (nSPS) is 15.8. The Balaban J connectivity index is 2.55. The summed E-state index contributed by atoms with van der Waals surface area (Å²) in [5.41, 5.74) is 0. The van der Waals surface area contributed by atoms with Crippen LogP contribution in [-0.4, -0.2) is 0 Å². The van der Waals surface area contributed by atoms with Gasteiger partial charge >= 0.3 is 0 Å². The number of hydrogen-bond acceptors (Lipinski definition) is 2. The van der Waals surface area contributed by atoms with Gasteiger partial charge in [0.25, 0.3) is 0 Å². The fourth-order valence-electron chi connectivity index (χ4n) is 0.369. The van der Waals surface area contributed by atoms with E-state index >= 15 is 0 Å². The van der Waals surface area contributed by atoms with Crippen molar-refractivity contribution >= 4 is 0 Å². The molecule has 1 rings (SSSR count). The molecule has 0 amide bonds. The van der Waals surface area contributed by atoms with Crippen LogP contribution in [0.5, 0.6) is 0 Å². The topological polar surface area (TPSA) is 18.5 Å². The van der Waals surface area contributed by atoms with Crippen LogP contribution in [0.2, 0.25) is 0 Å². The van der Waals surface area contributed by atoms with E-state index in [9.17, 15) is 0 Å². The van der Waals surface area contributed by atoms with Crippen LogP contribution in [0.4, 0.5) is 0 Å². The molecular formula is C6H6O2. The van der Waals surface area contributed by atoms with E-state index in [1.807, 2.05) is 0 Å². The summed E-state index contributed by atoms with van der Waals surface area (Å²) in [6.07, 6.45) is 5.96. The zero-order valence-corrected chi connectivity index (χ0v) is 4.33. The Morgan fingerprint density at radius 3 is 2.75 bits per heavy atom. The fourth-order valence-corrected chi connectivity index (χ4v) is 0.369. The zero-order chi connectivity index (χ0) is 5.82. The number of rotatable bonds is 1. The van der Waals surface area contributed by atoms with Crippen molar-refractivity contribution in [2.75, 3.05) is 0 Å².